The quantitative estimate of drug-likeness (QED) is 0.855. The Bertz CT molecular complexity index is 445. The van der Waals surface area contributed by atoms with Gasteiger partial charge >= 0.3 is 0 Å². The minimum absolute atomic E-state index is 0.00802. The fourth-order valence-corrected chi connectivity index (χ4v) is 1.88. The monoisotopic (exact) mass is 215 g/mol. The fraction of sp³-hybridized carbons (Fsp3) is 0.308. The Balaban J connectivity index is 2.34. The molecule has 0 saturated heterocycles. The highest BCUT2D eigenvalue weighted by Gasteiger charge is 2.13. The summed E-state index contributed by atoms with van der Waals surface area (Å²) in [6.07, 6.45) is 3.68. The van der Waals surface area contributed by atoms with Gasteiger partial charge in [-0.25, -0.2) is 4.98 Å². The first kappa shape index (κ1) is 10.9. The molecule has 0 radical (unpaired) electrons. The number of imidazole rings is 1. The van der Waals surface area contributed by atoms with Crippen LogP contribution < -0.4 is 5.73 Å². The van der Waals surface area contributed by atoms with E-state index < -0.39 is 0 Å². The van der Waals surface area contributed by atoms with Gasteiger partial charge in [0.1, 0.15) is 0 Å². The molecule has 3 nitrogen and oxygen atoms in total. The Morgan fingerprint density at radius 2 is 1.88 bits per heavy atom. The first-order valence-electron chi connectivity index (χ1n) is 5.52. The second kappa shape index (κ2) is 4.49. The third kappa shape index (κ3) is 1.99. The molecular weight excluding hydrogens is 198 g/mol. The van der Waals surface area contributed by atoms with E-state index in [4.69, 9.17) is 5.73 Å². The van der Waals surface area contributed by atoms with E-state index in [0.717, 1.165) is 5.69 Å². The van der Waals surface area contributed by atoms with Gasteiger partial charge in [0.25, 0.3) is 0 Å². The second-order valence-electron chi connectivity index (χ2n) is 4.10. The summed E-state index contributed by atoms with van der Waals surface area (Å²) in [5.41, 5.74) is 8.25. The highest BCUT2D eigenvalue weighted by Crippen LogP contribution is 2.21. The molecule has 0 saturated carbocycles. The fourth-order valence-electron chi connectivity index (χ4n) is 1.88. The van der Waals surface area contributed by atoms with E-state index in [2.05, 4.69) is 28.6 Å². The van der Waals surface area contributed by atoms with E-state index in [1.807, 2.05) is 37.6 Å². The predicted octanol–water partition coefficient (Wildman–Crippen LogP) is 2.51. The summed E-state index contributed by atoms with van der Waals surface area (Å²) in [6.45, 7) is 4.13. The molecule has 84 valence electrons. The van der Waals surface area contributed by atoms with Crippen molar-refractivity contribution < 1.29 is 0 Å². The van der Waals surface area contributed by atoms with Crippen molar-refractivity contribution in [3.05, 3.63) is 54.1 Å². The van der Waals surface area contributed by atoms with Gasteiger partial charge in [0.2, 0.25) is 0 Å². The van der Waals surface area contributed by atoms with Gasteiger partial charge in [-0.15, -0.1) is 0 Å². The Kier molecular flexibility index (Phi) is 3.06. The zero-order valence-electron chi connectivity index (χ0n) is 9.67. The molecule has 1 aromatic heterocycles. The molecule has 1 aromatic carbocycles. The SMILES string of the molecule is CC(c1ccccc1)n1cncc1[C@@H](C)N. The van der Waals surface area contributed by atoms with Gasteiger partial charge in [-0.1, -0.05) is 30.3 Å². The number of nitrogens with zero attached hydrogens (tertiary/aromatic N) is 2. The van der Waals surface area contributed by atoms with Gasteiger partial charge in [0.15, 0.2) is 0 Å². The maximum Gasteiger partial charge on any atom is 0.0954 e. The van der Waals surface area contributed by atoms with Crippen molar-refractivity contribution in [1.82, 2.24) is 9.55 Å². The van der Waals surface area contributed by atoms with E-state index in [1.165, 1.54) is 5.56 Å². The van der Waals surface area contributed by atoms with Crippen molar-refractivity contribution in [2.75, 3.05) is 0 Å². The first-order chi connectivity index (χ1) is 7.70. The highest BCUT2D eigenvalue weighted by atomic mass is 15.1. The molecule has 3 heteroatoms. The molecular formula is C13H17N3. The number of benzene rings is 1. The maximum absolute atomic E-state index is 5.91. The lowest BCUT2D eigenvalue weighted by Gasteiger charge is -2.18. The molecule has 2 atom stereocenters. The van der Waals surface area contributed by atoms with Crippen LogP contribution in [-0.4, -0.2) is 9.55 Å². The summed E-state index contributed by atoms with van der Waals surface area (Å²) in [6, 6.07) is 10.6. The van der Waals surface area contributed by atoms with Crippen LogP contribution in [0.2, 0.25) is 0 Å². The van der Waals surface area contributed by atoms with Crippen LogP contribution in [0.1, 0.15) is 37.2 Å². The summed E-state index contributed by atoms with van der Waals surface area (Å²) < 4.78 is 2.12. The van der Waals surface area contributed by atoms with Crippen LogP contribution in [-0.2, 0) is 0 Å². The van der Waals surface area contributed by atoms with Crippen LogP contribution in [0.5, 0.6) is 0 Å². The molecule has 0 aliphatic heterocycles. The van der Waals surface area contributed by atoms with Crippen LogP contribution in [0.15, 0.2) is 42.9 Å². The smallest absolute Gasteiger partial charge is 0.0954 e. The van der Waals surface area contributed by atoms with E-state index >= 15 is 0 Å². The molecule has 0 spiro atoms. The number of rotatable bonds is 3. The second-order valence-corrected chi connectivity index (χ2v) is 4.10. The van der Waals surface area contributed by atoms with Crippen LogP contribution in [0.25, 0.3) is 0 Å². The van der Waals surface area contributed by atoms with Crippen LogP contribution in [0.3, 0.4) is 0 Å². The lowest BCUT2D eigenvalue weighted by Crippen LogP contribution is -2.15. The molecule has 0 aliphatic carbocycles. The predicted molar refractivity (Wildman–Crippen MR) is 65.1 cm³/mol. The summed E-state index contributed by atoms with van der Waals surface area (Å²) in [4.78, 5) is 4.17. The largest absolute Gasteiger partial charge is 0.326 e. The summed E-state index contributed by atoms with van der Waals surface area (Å²) in [5.74, 6) is 0. The van der Waals surface area contributed by atoms with Gasteiger partial charge in [-0.3, -0.25) is 0 Å². The minimum atomic E-state index is 0.00802. The summed E-state index contributed by atoms with van der Waals surface area (Å²) >= 11 is 0. The van der Waals surface area contributed by atoms with Crippen molar-refractivity contribution in [2.45, 2.75) is 25.9 Å². The van der Waals surface area contributed by atoms with Crippen LogP contribution >= 0.6 is 0 Å². The van der Waals surface area contributed by atoms with Crippen molar-refractivity contribution in [1.29, 1.82) is 0 Å². The number of aromatic nitrogens is 2. The Morgan fingerprint density at radius 3 is 2.50 bits per heavy atom. The number of hydrogen-bond acceptors (Lipinski definition) is 2. The van der Waals surface area contributed by atoms with E-state index in [0.29, 0.717) is 0 Å². The Hall–Kier alpha value is -1.61. The number of nitrogens with two attached hydrogens (primary N) is 1. The summed E-state index contributed by atoms with van der Waals surface area (Å²) in [7, 11) is 0. The molecule has 16 heavy (non-hydrogen) atoms. The highest BCUT2D eigenvalue weighted by molar-refractivity contribution is 5.21. The minimum Gasteiger partial charge on any atom is -0.326 e. The van der Waals surface area contributed by atoms with Gasteiger partial charge < -0.3 is 10.3 Å². The van der Waals surface area contributed by atoms with Gasteiger partial charge in [-0.05, 0) is 19.4 Å². The van der Waals surface area contributed by atoms with Crippen molar-refractivity contribution in [3.8, 4) is 0 Å². The van der Waals surface area contributed by atoms with E-state index in [9.17, 15) is 0 Å². The van der Waals surface area contributed by atoms with Crippen molar-refractivity contribution in [3.63, 3.8) is 0 Å². The Morgan fingerprint density at radius 1 is 1.19 bits per heavy atom. The average Bonchev–Trinajstić information content (AvgIpc) is 2.78. The zero-order valence-corrected chi connectivity index (χ0v) is 9.67. The van der Waals surface area contributed by atoms with Crippen LogP contribution in [0, 0.1) is 0 Å². The first-order valence-corrected chi connectivity index (χ1v) is 5.52. The lowest BCUT2D eigenvalue weighted by molar-refractivity contribution is 0.582. The normalized spacial score (nSPS) is 14.7. The maximum atomic E-state index is 5.91. The third-order valence-corrected chi connectivity index (χ3v) is 2.86. The molecule has 0 amide bonds. The number of hydrogen-bond donors (Lipinski definition) is 1. The molecule has 1 unspecified atom stereocenters. The molecule has 1 heterocycles. The van der Waals surface area contributed by atoms with E-state index in [-0.39, 0.29) is 12.1 Å². The topological polar surface area (TPSA) is 43.8 Å². The molecule has 2 rings (SSSR count). The third-order valence-electron chi connectivity index (χ3n) is 2.86. The van der Waals surface area contributed by atoms with Crippen molar-refractivity contribution >= 4 is 0 Å². The molecule has 0 bridgehead atoms. The van der Waals surface area contributed by atoms with Crippen LogP contribution in [0.4, 0.5) is 0 Å². The molecule has 2 aromatic rings. The molecule has 2 N–H and O–H groups in total. The van der Waals surface area contributed by atoms with E-state index in [1.54, 1.807) is 0 Å². The standard InChI is InChI=1S/C13H17N3/c1-10(14)13-8-15-9-16(13)11(2)12-6-4-3-5-7-12/h3-11H,14H2,1-2H3/t10-,11?/m1/s1. The average molecular weight is 215 g/mol. The zero-order chi connectivity index (χ0) is 11.5. The Labute approximate surface area is 95.9 Å². The van der Waals surface area contributed by atoms with Gasteiger partial charge in [0, 0.05) is 12.2 Å². The molecule has 0 fully saturated rings. The summed E-state index contributed by atoms with van der Waals surface area (Å²) in [5, 5.41) is 0. The lowest BCUT2D eigenvalue weighted by atomic mass is 10.1. The van der Waals surface area contributed by atoms with Gasteiger partial charge in [-0.2, -0.15) is 0 Å². The van der Waals surface area contributed by atoms with Gasteiger partial charge in [0.05, 0.1) is 18.1 Å². The molecule has 0 aliphatic rings. The van der Waals surface area contributed by atoms with Crippen molar-refractivity contribution in [2.24, 2.45) is 5.73 Å².